The summed E-state index contributed by atoms with van der Waals surface area (Å²) in [6, 6.07) is 13.8. The maximum Gasteiger partial charge on any atom is -0.0148 e. The fourth-order valence-electron chi connectivity index (χ4n) is 2.76. The first-order valence-corrected chi connectivity index (χ1v) is 6.46. The molecular formula is C18H18. The van der Waals surface area contributed by atoms with Crippen LogP contribution in [0.3, 0.4) is 0 Å². The van der Waals surface area contributed by atoms with Crippen molar-refractivity contribution in [2.24, 2.45) is 0 Å². The van der Waals surface area contributed by atoms with Crippen molar-refractivity contribution >= 4 is 21.5 Å². The minimum absolute atomic E-state index is 1.34. The summed E-state index contributed by atoms with van der Waals surface area (Å²) in [5.41, 5.74) is 5.44. The fraction of sp³-hybridized carbons (Fsp3) is 0.222. The van der Waals surface area contributed by atoms with Gasteiger partial charge in [-0.25, -0.2) is 0 Å². The lowest BCUT2D eigenvalue weighted by Crippen LogP contribution is -1.85. The molecule has 0 spiro atoms. The summed E-state index contributed by atoms with van der Waals surface area (Å²) in [6.45, 7) is 8.72. The summed E-state index contributed by atoms with van der Waals surface area (Å²) in [6.07, 6.45) is 0. The van der Waals surface area contributed by atoms with E-state index >= 15 is 0 Å². The molecule has 0 N–H and O–H groups in total. The van der Waals surface area contributed by atoms with Crippen molar-refractivity contribution < 1.29 is 0 Å². The van der Waals surface area contributed by atoms with E-state index in [0.29, 0.717) is 0 Å². The van der Waals surface area contributed by atoms with Gasteiger partial charge in [0.1, 0.15) is 0 Å². The molecular weight excluding hydrogens is 216 g/mol. The number of fused-ring (bicyclic) bond motifs is 2. The van der Waals surface area contributed by atoms with Crippen LogP contribution in [0.25, 0.3) is 21.5 Å². The summed E-state index contributed by atoms with van der Waals surface area (Å²) in [5.74, 6) is 0. The summed E-state index contributed by atoms with van der Waals surface area (Å²) in [4.78, 5) is 0. The van der Waals surface area contributed by atoms with Crippen molar-refractivity contribution in [3.8, 4) is 0 Å². The Bertz CT molecular complexity index is 764. The molecule has 0 aliphatic heterocycles. The molecule has 0 fully saturated rings. The SMILES string of the molecule is Cc1cc(C)c2cc3cc(C)c(C)cc3cc2c1. The predicted octanol–water partition coefficient (Wildman–Crippen LogP) is 5.23. The Morgan fingerprint density at radius 2 is 1.11 bits per heavy atom. The zero-order valence-corrected chi connectivity index (χ0v) is 11.5. The monoisotopic (exact) mass is 234 g/mol. The predicted molar refractivity (Wildman–Crippen MR) is 80.4 cm³/mol. The molecule has 18 heavy (non-hydrogen) atoms. The van der Waals surface area contributed by atoms with Crippen LogP contribution in [-0.4, -0.2) is 0 Å². The maximum absolute atomic E-state index is 2.33. The first-order valence-electron chi connectivity index (χ1n) is 6.46. The van der Waals surface area contributed by atoms with E-state index in [1.165, 1.54) is 43.8 Å². The topological polar surface area (TPSA) is 0 Å². The van der Waals surface area contributed by atoms with Gasteiger partial charge in [-0.1, -0.05) is 29.8 Å². The normalized spacial score (nSPS) is 11.3. The molecule has 90 valence electrons. The Labute approximate surface area is 108 Å². The van der Waals surface area contributed by atoms with E-state index in [1.54, 1.807) is 0 Å². The molecule has 0 atom stereocenters. The quantitative estimate of drug-likeness (QED) is 0.467. The van der Waals surface area contributed by atoms with Crippen molar-refractivity contribution in [3.05, 3.63) is 58.7 Å². The van der Waals surface area contributed by atoms with E-state index in [2.05, 4.69) is 64.1 Å². The van der Waals surface area contributed by atoms with Gasteiger partial charge in [0.05, 0.1) is 0 Å². The Kier molecular flexibility index (Phi) is 2.41. The third-order valence-corrected chi connectivity index (χ3v) is 3.87. The Morgan fingerprint density at radius 3 is 1.78 bits per heavy atom. The van der Waals surface area contributed by atoms with Gasteiger partial charge in [0.2, 0.25) is 0 Å². The van der Waals surface area contributed by atoms with Gasteiger partial charge in [-0.15, -0.1) is 0 Å². The van der Waals surface area contributed by atoms with Gasteiger partial charge in [0.25, 0.3) is 0 Å². The summed E-state index contributed by atoms with van der Waals surface area (Å²) in [7, 11) is 0. The molecule has 3 rings (SSSR count). The highest BCUT2D eigenvalue weighted by Crippen LogP contribution is 2.28. The Hall–Kier alpha value is -1.82. The van der Waals surface area contributed by atoms with Crippen LogP contribution in [0.5, 0.6) is 0 Å². The van der Waals surface area contributed by atoms with Crippen molar-refractivity contribution in [3.63, 3.8) is 0 Å². The average Bonchev–Trinajstić information content (AvgIpc) is 2.29. The zero-order chi connectivity index (χ0) is 12.9. The second-order valence-corrected chi connectivity index (χ2v) is 5.44. The summed E-state index contributed by atoms with van der Waals surface area (Å²) in [5, 5.41) is 5.41. The maximum atomic E-state index is 2.33. The molecule has 3 aromatic carbocycles. The van der Waals surface area contributed by atoms with Crippen LogP contribution in [0.1, 0.15) is 22.3 Å². The lowest BCUT2D eigenvalue weighted by molar-refractivity contribution is 1.37. The molecule has 0 heteroatoms. The third kappa shape index (κ3) is 1.69. The summed E-state index contributed by atoms with van der Waals surface area (Å²) < 4.78 is 0. The van der Waals surface area contributed by atoms with Crippen LogP contribution < -0.4 is 0 Å². The molecule has 0 radical (unpaired) electrons. The van der Waals surface area contributed by atoms with E-state index < -0.39 is 0 Å². The van der Waals surface area contributed by atoms with Gasteiger partial charge < -0.3 is 0 Å². The van der Waals surface area contributed by atoms with E-state index in [0.717, 1.165) is 0 Å². The fourth-order valence-corrected chi connectivity index (χ4v) is 2.76. The molecule has 0 heterocycles. The van der Waals surface area contributed by atoms with Crippen LogP contribution >= 0.6 is 0 Å². The number of aryl methyl sites for hydroxylation is 4. The summed E-state index contributed by atoms with van der Waals surface area (Å²) >= 11 is 0. The molecule has 0 amide bonds. The van der Waals surface area contributed by atoms with Gasteiger partial charge in [0, 0.05) is 0 Å². The number of hydrogen-bond donors (Lipinski definition) is 0. The van der Waals surface area contributed by atoms with Crippen LogP contribution in [-0.2, 0) is 0 Å². The van der Waals surface area contributed by atoms with E-state index in [-0.39, 0.29) is 0 Å². The second kappa shape index (κ2) is 3.84. The van der Waals surface area contributed by atoms with Crippen molar-refractivity contribution in [2.45, 2.75) is 27.7 Å². The molecule has 0 bridgehead atoms. The molecule has 0 nitrogen and oxygen atoms in total. The molecule has 0 aromatic heterocycles. The lowest BCUT2D eigenvalue weighted by Gasteiger charge is -2.09. The highest BCUT2D eigenvalue weighted by atomic mass is 14.1. The minimum atomic E-state index is 1.34. The largest absolute Gasteiger partial charge is 0.0557 e. The van der Waals surface area contributed by atoms with Gasteiger partial charge >= 0.3 is 0 Å². The Balaban J connectivity index is 2.47. The first kappa shape index (κ1) is 11.3. The second-order valence-electron chi connectivity index (χ2n) is 5.44. The van der Waals surface area contributed by atoms with Crippen LogP contribution in [0, 0.1) is 27.7 Å². The van der Waals surface area contributed by atoms with Crippen LogP contribution in [0.4, 0.5) is 0 Å². The van der Waals surface area contributed by atoms with E-state index in [4.69, 9.17) is 0 Å². The highest BCUT2D eigenvalue weighted by Gasteiger charge is 2.03. The molecule has 0 saturated heterocycles. The van der Waals surface area contributed by atoms with Crippen molar-refractivity contribution in [2.75, 3.05) is 0 Å². The third-order valence-electron chi connectivity index (χ3n) is 3.87. The molecule has 0 aliphatic carbocycles. The minimum Gasteiger partial charge on any atom is -0.0557 e. The molecule has 0 saturated carbocycles. The molecule has 3 aromatic rings. The van der Waals surface area contributed by atoms with Crippen molar-refractivity contribution in [1.82, 2.24) is 0 Å². The first-order chi connectivity index (χ1) is 8.54. The Morgan fingerprint density at radius 1 is 0.500 bits per heavy atom. The number of benzene rings is 3. The van der Waals surface area contributed by atoms with Gasteiger partial charge in [-0.05, 0) is 78.1 Å². The van der Waals surface area contributed by atoms with Gasteiger partial charge in [-0.3, -0.25) is 0 Å². The van der Waals surface area contributed by atoms with Crippen LogP contribution in [0.15, 0.2) is 36.4 Å². The zero-order valence-electron chi connectivity index (χ0n) is 11.5. The van der Waals surface area contributed by atoms with Gasteiger partial charge in [-0.2, -0.15) is 0 Å². The number of rotatable bonds is 0. The number of hydrogen-bond acceptors (Lipinski definition) is 0. The van der Waals surface area contributed by atoms with Crippen LogP contribution in [0.2, 0.25) is 0 Å². The highest BCUT2D eigenvalue weighted by molar-refractivity contribution is 6.00. The molecule has 0 unspecified atom stereocenters. The average molecular weight is 234 g/mol. The standard InChI is InChI=1S/C18H18/c1-11-5-14(4)18-10-16-8-13(3)12(2)7-15(16)9-17(18)6-11/h5-10H,1-4H3. The van der Waals surface area contributed by atoms with Crippen molar-refractivity contribution in [1.29, 1.82) is 0 Å². The lowest BCUT2D eigenvalue weighted by atomic mass is 9.96. The van der Waals surface area contributed by atoms with E-state index in [9.17, 15) is 0 Å². The van der Waals surface area contributed by atoms with Gasteiger partial charge in [0.15, 0.2) is 0 Å². The molecule has 0 aliphatic rings. The van der Waals surface area contributed by atoms with E-state index in [1.807, 2.05) is 0 Å². The smallest absolute Gasteiger partial charge is 0.0148 e.